The van der Waals surface area contributed by atoms with Crippen LogP contribution in [-0.2, 0) is 11.2 Å². The summed E-state index contributed by atoms with van der Waals surface area (Å²) in [6.07, 6.45) is 1.20. The van der Waals surface area contributed by atoms with Gasteiger partial charge in [-0.1, -0.05) is 39.9 Å². The monoisotopic (exact) mass is 288 g/mol. The van der Waals surface area contributed by atoms with Gasteiger partial charge in [0.1, 0.15) is 10.00 Å². The second-order valence-electron chi connectivity index (χ2n) is 4.95. The van der Waals surface area contributed by atoms with Crippen LogP contribution < -0.4 is 5.73 Å². The van der Waals surface area contributed by atoms with E-state index in [1.807, 2.05) is 11.8 Å². The summed E-state index contributed by atoms with van der Waals surface area (Å²) >= 11 is 8.67. The molecule has 0 fully saturated rings. The first kappa shape index (κ1) is 14.9. The molecule has 0 spiro atoms. The molecule has 1 heterocycles. The van der Waals surface area contributed by atoms with Crippen molar-refractivity contribution in [1.82, 2.24) is 4.98 Å². The van der Waals surface area contributed by atoms with Crippen LogP contribution in [0.3, 0.4) is 0 Å². The summed E-state index contributed by atoms with van der Waals surface area (Å²) in [7, 11) is 0. The van der Waals surface area contributed by atoms with Crippen LogP contribution in [0.25, 0.3) is 0 Å². The van der Waals surface area contributed by atoms with Crippen LogP contribution in [0.4, 0.5) is 0 Å². The fraction of sp³-hybridized carbons (Fsp3) is 0.667. The molecule has 0 aromatic carbocycles. The van der Waals surface area contributed by atoms with Crippen molar-refractivity contribution >= 4 is 40.3 Å². The Morgan fingerprint density at radius 2 is 2.12 bits per heavy atom. The van der Waals surface area contributed by atoms with E-state index in [2.05, 4.69) is 27.7 Å². The van der Waals surface area contributed by atoms with Crippen molar-refractivity contribution in [2.45, 2.75) is 45.3 Å². The quantitative estimate of drug-likeness (QED) is 0.662. The van der Waals surface area contributed by atoms with Crippen LogP contribution in [0, 0.1) is 0 Å². The number of nitrogens with two attached hydrogens (primary N) is 1. The Balaban J connectivity index is 2.93. The molecule has 0 saturated carbocycles. The van der Waals surface area contributed by atoms with Crippen LogP contribution in [0.1, 0.15) is 49.7 Å². The Morgan fingerprint density at radius 1 is 1.47 bits per heavy atom. The Bertz CT molecular complexity index is 391. The van der Waals surface area contributed by atoms with Crippen molar-refractivity contribution in [3.63, 3.8) is 0 Å². The fourth-order valence-corrected chi connectivity index (χ4v) is 3.71. The molecule has 1 aromatic heterocycles. The number of nitrogens with zero attached hydrogens (tertiary/aromatic N) is 1. The third-order valence-electron chi connectivity index (χ3n) is 2.18. The molecule has 96 valence electrons. The van der Waals surface area contributed by atoms with E-state index in [-0.39, 0.29) is 5.41 Å². The van der Waals surface area contributed by atoms with Crippen LogP contribution in [0.5, 0.6) is 0 Å². The lowest BCUT2D eigenvalue weighted by atomic mass is 9.91. The number of aromatic nitrogens is 1. The summed E-state index contributed by atoms with van der Waals surface area (Å²) in [5.74, 6) is 2.14. The van der Waals surface area contributed by atoms with Crippen molar-refractivity contribution in [2.75, 3.05) is 5.75 Å². The zero-order chi connectivity index (χ0) is 13.1. The van der Waals surface area contributed by atoms with Gasteiger partial charge in [-0.05, 0) is 12.2 Å². The molecular formula is C12H20N2S3. The lowest BCUT2D eigenvalue weighted by molar-refractivity contribution is 0.571. The summed E-state index contributed by atoms with van der Waals surface area (Å²) in [5, 5.41) is 1.14. The number of hydrogen-bond acceptors (Lipinski definition) is 4. The summed E-state index contributed by atoms with van der Waals surface area (Å²) < 4.78 is 0. The molecule has 0 bridgehead atoms. The molecule has 0 atom stereocenters. The molecule has 0 unspecified atom stereocenters. The molecule has 0 aliphatic heterocycles. The zero-order valence-corrected chi connectivity index (χ0v) is 13.3. The average Bonchev–Trinajstić information content (AvgIpc) is 2.62. The summed E-state index contributed by atoms with van der Waals surface area (Å²) in [5.41, 5.74) is 6.82. The van der Waals surface area contributed by atoms with Gasteiger partial charge in [0.05, 0.1) is 10.6 Å². The average molecular weight is 289 g/mol. The lowest BCUT2D eigenvalue weighted by Gasteiger charge is -2.16. The summed E-state index contributed by atoms with van der Waals surface area (Å²) in [6, 6.07) is 0. The number of thiocarbonyl (C=S) groups is 1. The van der Waals surface area contributed by atoms with E-state index in [0.717, 1.165) is 21.3 Å². The van der Waals surface area contributed by atoms with Gasteiger partial charge < -0.3 is 5.73 Å². The van der Waals surface area contributed by atoms with Crippen molar-refractivity contribution in [2.24, 2.45) is 5.73 Å². The Hall–Kier alpha value is -0.130. The van der Waals surface area contributed by atoms with Gasteiger partial charge in [-0.15, -0.1) is 11.3 Å². The van der Waals surface area contributed by atoms with Crippen LogP contribution in [0.2, 0.25) is 0 Å². The van der Waals surface area contributed by atoms with Gasteiger partial charge in [0.2, 0.25) is 0 Å². The molecule has 17 heavy (non-hydrogen) atoms. The molecule has 1 aromatic rings. The standard InChI is InChI=1S/C12H20N2S3/c1-5-6-16-7-8-14-10(12(2,3)4)9(17-8)11(13)15/h5-7H2,1-4H3,(H2,13,15). The van der Waals surface area contributed by atoms with Gasteiger partial charge in [0.25, 0.3) is 0 Å². The Labute approximate surface area is 117 Å². The maximum absolute atomic E-state index is 5.77. The highest BCUT2D eigenvalue weighted by molar-refractivity contribution is 7.98. The topological polar surface area (TPSA) is 38.9 Å². The van der Waals surface area contributed by atoms with Gasteiger partial charge in [-0.25, -0.2) is 4.98 Å². The van der Waals surface area contributed by atoms with E-state index in [9.17, 15) is 0 Å². The van der Waals surface area contributed by atoms with Gasteiger partial charge in [0, 0.05) is 11.2 Å². The lowest BCUT2D eigenvalue weighted by Crippen LogP contribution is -2.19. The van der Waals surface area contributed by atoms with Crippen molar-refractivity contribution in [3.8, 4) is 0 Å². The highest BCUT2D eigenvalue weighted by Gasteiger charge is 2.24. The first-order valence-electron chi connectivity index (χ1n) is 5.74. The molecule has 0 amide bonds. The van der Waals surface area contributed by atoms with Gasteiger partial charge in [-0.3, -0.25) is 0 Å². The van der Waals surface area contributed by atoms with Gasteiger partial charge in [-0.2, -0.15) is 11.8 Å². The zero-order valence-electron chi connectivity index (χ0n) is 10.9. The first-order chi connectivity index (χ1) is 7.86. The van der Waals surface area contributed by atoms with Gasteiger partial charge >= 0.3 is 0 Å². The maximum atomic E-state index is 5.77. The summed E-state index contributed by atoms with van der Waals surface area (Å²) in [4.78, 5) is 6.16. The van der Waals surface area contributed by atoms with E-state index in [1.54, 1.807) is 11.3 Å². The van der Waals surface area contributed by atoms with Crippen LogP contribution in [0.15, 0.2) is 0 Å². The Kier molecular flexibility index (Phi) is 5.41. The molecule has 0 aliphatic rings. The molecule has 0 radical (unpaired) electrons. The Morgan fingerprint density at radius 3 is 2.53 bits per heavy atom. The predicted molar refractivity (Wildman–Crippen MR) is 83.2 cm³/mol. The molecule has 2 nitrogen and oxygen atoms in total. The minimum absolute atomic E-state index is 0.00291. The smallest absolute Gasteiger partial charge is 0.116 e. The van der Waals surface area contributed by atoms with E-state index < -0.39 is 0 Å². The molecule has 5 heteroatoms. The number of thiazole rings is 1. The van der Waals surface area contributed by atoms with Gasteiger partial charge in [0.15, 0.2) is 0 Å². The predicted octanol–water partition coefficient (Wildman–Crippen LogP) is 3.72. The van der Waals surface area contributed by atoms with E-state index in [4.69, 9.17) is 22.9 Å². The van der Waals surface area contributed by atoms with Crippen LogP contribution in [-0.4, -0.2) is 15.7 Å². The van der Waals surface area contributed by atoms with E-state index >= 15 is 0 Å². The number of hydrogen-bond donors (Lipinski definition) is 1. The second-order valence-corrected chi connectivity index (χ2v) is 7.58. The first-order valence-corrected chi connectivity index (χ1v) is 8.12. The molecule has 0 saturated heterocycles. The third-order valence-corrected chi connectivity index (χ3v) is 4.96. The summed E-state index contributed by atoms with van der Waals surface area (Å²) in [6.45, 7) is 8.63. The van der Waals surface area contributed by atoms with Crippen molar-refractivity contribution in [3.05, 3.63) is 15.6 Å². The highest BCUT2D eigenvalue weighted by atomic mass is 32.2. The minimum Gasteiger partial charge on any atom is -0.389 e. The van der Waals surface area contributed by atoms with Crippen molar-refractivity contribution < 1.29 is 0 Å². The van der Waals surface area contributed by atoms with E-state index in [1.165, 1.54) is 12.2 Å². The van der Waals surface area contributed by atoms with E-state index in [0.29, 0.717) is 4.99 Å². The fourth-order valence-electron chi connectivity index (χ4n) is 1.41. The molecule has 2 N–H and O–H groups in total. The highest BCUT2D eigenvalue weighted by Crippen LogP contribution is 2.31. The SMILES string of the molecule is CCCSCc1nc(C(C)(C)C)c(C(N)=S)s1. The number of rotatable bonds is 5. The van der Waals surface area contributed by atoms with Crippen LogP contribution >= 0.6 is 35.3 Å². The molecular weight excluding hydrogens is 268 g/mol. The largest absolute Gasteiger partial charge is 0.389 e. The third kappa shape index (κ3) is 4.23. The molecule has 1 rings (SSSR count). The maximum Gasteiger partial charge on any atom is 0.116 e. The molecule has 0 aliphatic carbocycles. The number of thioether (sulfide) groups is 1. The second kappa shape index (κ2) is 6.16. The normalized spacial score (nSPS) is 11.8. The minimum atomic E-state index is 0.00291. The van der Waals surface area contributed by atoms with Crippen molar-refractivity contribution in [1.29, 1.82) is 0 Å².